The summed E-state index contributed by atoms with van der Waals surface area (Å²) in [5, 5.41) is 7.81. The molecule has 0 saturated heterocycles. The Morgan fingerprint density at radius 3 is 1.65 bits per heavy atom. The van der Waals surface area contributed by atoms with Gasteiger partial charge in [-0.25, -0.2) is 0 Å². The summed E-state index contributed by atoms with van der Waals surface area (Å²) < 4.78 is 0. The van der Waals surface area contributed by atoms with E-state index in [9.17, 15) is 0 Å². The maximum Gasteiger partial charge on any atom is 0.0705 e. The average molecular weight is 333 g/mol. The molecule has 26 heavy (non-hydrogen) atoms. The first kappa shape index (κ1) is 15.1. The lowest BCUT2D eigenvalue weighted by Gasteiger charge is -2.12. The number of rotatable bonds is 1. The van der Waals surface area contributed by atoms with E-state index < -0.39 is 0 Å². The summed E-state index contributed by atoms with van der Waals surface area (Å²) in [5.74, 6) is 0. The van der Waals surface area contributed by atoms with Crippen molar-refractivity contribution < 1.29 is 0 Å². The standard InChI is InChI=1S/C25H19N/c1-16-13-25(26-15-17(16)2)18-11-12-23-21-9-4-3-7-19(21)20-8-5-6-10-22(20)24(23)14-18/h3-15H,1-2H3. The Balaban J connectivity index is 1.90. The van der Waals surface area contributed by atoms with E-state index in [1.54, 1.807) is 0 Å². The Labute approximate surface area is 152 Å². The van der Waals surface area contributed by atoms with Crippen molar-refractivity contribution in [3.8, 4) is 11.3 Å². The van der Waals surface area contributed by atoms with Gasteiger partial charge in [0.05, 0.1) is 5.69 Å². The number of fused-ring (bicyclic) bond motifs is 6. The fourth-order valence-corrected chi connectivity index (χ4v) is 3.85. The van der Waals surface area contributed by atoms with Gasteiger partial charge >= 0.3 is 0 Å². The van der Waals surface area contributed by atoms with Gasteiger partial charge in [0.2, 0.25) is 0 Å². The molecule has 1 heteroatoms. The van der Waals surface area contributed by atoms with Gasteiger partial charge in [0.25, 0.3) is 0 Å². The Kier molecular flexibility index (Phi) is 3.29. The Hall–Kier alpha value is -3.19. The number of aryl methyl sites for hydroxylation is 2. The second kappa shape index (κ2) is 5.67. The molecule has 124 valence electrons. The van der Waals surface area contributed by atoms with E-state index in [1.807, 2.05) is 6.20 Å². The van der Waals surface area contributed by atoms with E-state index >= 15 is 0 Å². The van der Waals surface area contributed by atoms with Crippen molar-refractivity contribution in [3.63, 3.8) is 0 Å². The SMILES string of the molecule is Cc1cnc(-c2ccc3c4ccccc4c4ccccc4c3c2)cc1C. The lowest BCUT2D eigenvalue weighted by Crippen LogP contribution is -1.89. The molecule has 0 radical (unpaired) electrons. The summed E-state index contributed by atoms with van der Waals surface area (Å²) in [6.07, 6.45) is 1.97. The van der Waals surface area contributed by atoms with Crippen molar-refractivity contribution in [1.29, 1.82) is 0 Å². The number of hydrogen-bond acceptors (Lipinski definition) is 1. The van der Waals surface area contributed by atoms with Gasteiger partial charge in [0.1, 0.15) is 0 Å². The molecule has 1 heterocycles. The summed E-state index contributed by atoms with van der Waals surface area (Å²) in [4.78, 5) is 4.66. The predicted octanol–water partition coefficient (Wildman–Crippen LogP) is 6.83. The minimum atomic E-state index is 1.03. The van der Waals surface area contributed by atoms with E-state index in [0.29, 0.717) is 0 Å². The topological polar surface area (TPSA) is 12.9 Å². The Morgan fingerprint density at radius 2 is 1.08 bits per heavy atom. The van der Waals surface area contributed by atoms with Crippen LogP contribution in [-0.4, -0.2) is 4.98 Å². The smallest absolute Gasteiger partial charge is 0.0705 e. The normalized spacial score (nSPS) is 11.5. The maximum absolute atomic E-state index is 4.66. The molecule has 5 aromatic rings. The van der Waals surface area contributed by atoms with Crippen LogP contribution in [0, 0.1) is 13.8 Å². The van der Waals surface area contributed by atoms with E-state index in [-0.39, 0.29) is 0 Å². The minimum Gasteiger partial charge on any atom is -0.256 e. The predicted molar refractivity (Wildman–Crippen MR) is 112 cm³/mol. The first-order valence-electron chi connectivity index (χ1n) is 8.99. The van der Waals surface area contributed by atoms with Crippen LogP contribution in [0.15, 0.2) is 79.0 Å². The highest BCUT2D eigenvalue weighted by Gasteiger charge is 2.10. The third kappa shape index (κ3) is 2.21. The van der Waals surface area contributed by atoms with Crippen LogP contribution < -0.4 is 0 Å². The zero-order valence-corrected chi connectivity index (χ0v) is 15.0. The van der Waals surface area contributed by atoms with E-state index in [0.717, 1.165) is 5.69 Å². The van der Waals surface area contributed by atoms with Crippen molar-refractivity contribution in [2.45, 2.75) is 13.8 Å². The van der Waals surface area contributed by atoms with Gasteiger partial charge in [-0.2, -0.15) is 0 Å². The van der Waals surface area contributed by atoms with Crippen molar-refractivity contribution in [3.05, 3.63) is 90.1 Å². The largest absolute Gasteiger partial charge is 0.256 e. The third-order valence-corrected chi connectivity index (χ3v) is 5.41. The third-order valence-electron chi connectivity index (χ3n) is 5.41. The molecule has 0 aliphatic carbocycles. The fourth-order valence-electron chi connectivity index (χ4n) is 3.85. The molecular formula is C25H19N. The molecule has 0 N–H and O–H groups in total. The highest BCUT2D eigenvalue weighted by molar-refractivity contribution is 6.25. The van der Waals surface area contributed by atoms with Crippen LogP contribution in [-0.2, 0) is 0 Å². The quantitative estimate of drug-likeness (QED) is 0.306. The number of aromatic nitrogens is 1. The van der Waals surface area contributed by atoms with Gasteiger partial charge in [0.15, 0.2) is 0 Å². The van der Waals surface area contributed by atoms with Gasteiger partial charge in [-0.3, -0.25) is 4.98 Å². The summed E-state index contributed by atoms with van der Waals surface area (Å²) in [5.41, 5.74) is 4.71. The first-order valence-corrected chi connectivity index (χ1v) is 8.99. The molecule has 0 bridgehead atoms. The van der Waals surface area contributed by atoms with Crippen molar-refractivity contribution in [2.75, 3.05) is 0 Å². The van der Waals surface area contributed by atoms with Gasteiger partial charge in [-0.15, -0.1) is 0 Å². The molecule has 0 atom stereocenters. The Bertz CT molecular complexity index is 1260. The molecule has 0 amide bonds. The summed E-state index contributed by atoms with van der Waals surface area (Å²) in [6.45, 7) is 4.25. The summed E-state index contributed by atoms with van der Waals surface area (Å²) in [7, 11) is 0. The van der Waals surface area contributed by atoms with Crippen LogP contribution in [0.4, 0.5) is 0 Å². The number of nitrogens with zero attached hydrogens (tertiary/aromatic N) is 1. The highest BCUT2D eigenvalue weighted by atomic mass is 14.7. The minimum absolute atomic E-state index is 1.03. The van der Waals surface area contributed by atoms with Gasteiger partial charge < -0.3 is 0 Å². The van der Waals surface area contributed by atoms with Gasteiger partial charge in [-0.05, 0) is 69.4 Å². The monoisotopic (exact) mass is 333 g/mol. The van der Waals surface area contributed by atoms with Gasteiger partial charge in [-0.1, -0.05) is 60.7 Å². The molecule has 0 saturated carbocycles. The molecule has 0 aliphatic rings. The van der Waals surface area contributed by atoms with Crippen molar-refractivity contribution in [2.24, 2.45) is 0 Å². The molecule has 4 aromatic carbocycles. The zero-order valence-electron chi connectivity index (χ0n) is 15.0. The average Bonchev–Trinajstić information content (AvgIpc) is 2.70. The Morgan fingerprint density at radius 1 is 0.538 bits per heavy atom. The van der Waals surface area contributed by atoms with E-state index in [2.05, 4.69) is 91.6 Å². The molecule has 0 unspecified atom stereocenters. The lowest BCUT2D eigenvalue weighted by molar-refractivity contribution is 1.22. The molecule has 1 aromatic heterocycles. The molecular weight excluding hydrogens is 314 g/mol. The maximum atomic E-state index is 4.66. The number of benzene rings is 4. The second-order valence-corrected chi connectivity index (χ2v) is 7.01. The fraction of sp³-hybridized carbons (Fsp3) is 0.0800. The molecule has 1 nitrogen and oxygen atoms in total. The lowest BCUT2D eigenvalue weighted by atomic mass is 9.92. The van der Waals surface area contributed by atoms with Crippen LogP contribution in [0.3, 0.4) is 0 Å². The highest BCUT2D eigenvalue weighted by Crippen LogP contribution is 2.36. The van der Waals surface area contributed by atoms with Crippen LogP contribution in [0.1, 0.15) is 11.1 Å². The molecule has 0 fully saturated rings. The molecule has 0 aliphatic heterocycles. The van der Waals surface area contributed by atoms with Crippen LogP contribution in [0.5, 0.6) is 0 Å². The molecule has 5 rings (SSSR count). The van der Waals surface area contributed by atoms with Crippen LogP contribution >= 0.6 is 0 Å². The number of pyridine rings is 1. The van der Waals surface area contributed by atoms with Crippen LogP contribution in [0.2, 0.25) is 0 Å². The van der Waals surface area contributed by atoms with Crippen molar-refractivity contribution in [1.82, 2.24) is 4.98 Å². The van der Waals surface area contributed by atoms with Crippen molar-refractivity contribution >= 4 is 32.3 Å². The van der Waals surface area contributed by atoms with E-state index in [4.69, 9.17) is 0 Å². The first-order chi connectivity index (χ1) is 12.7. The number of hydrogen-bond donors (Lipinski definition) is 0. The van der Waals surface area contributed by atoms with Gasteiger partial charge in [0, 0.05) is 11.8 Å². The summed E-state index contributed by atoms with van der Waals surface area (Å²) in [6, 6.07) is 26.3. The van der Waals surface area contributed by atoms with E-state index in [1.165, 1.54) is 49.0 Å². The van der Waals surface area contributed by atoms with Crippen LogP contribution in [0.25, 0.3) is 43.6 Å². The summed E-state index contributed by atoms with van der Waals surface area (Å²) >= 11 is 0. The molecule has 0 spiro atoms. The second-order valence-electron chi connectivity index (χ2n) is 7.01. The zero-order chi connectivity index (χ0) is 17.7.